The molecule has 0 bridgehead atoms. The molecule has 7 nitrogen and oxygen atoms in total. The fraction of sp³-hybridized carbons (Fsp3) is 0.571. The number of aryl methyl sites for hydroxylation is 1. The Morgan fingerprint density at radius 3 is 2.57 bits per heavy atom. The summed E-state index contributed by atoms with van der Waals surface area (Å²) in [4.78, 5) is 27.3. The second-order valence-corrected chi connectivity index (χ2v) is 8.55. The van der Waals surface area contributed by atoms with Crippen molar-refractivity contribution >= 4 is 11.7 Å². The highest BCUT2D eigenvalue weighted by Crippen LogP contribution is 2.25. The lowest BCUT2D eigenvalue weighted by Gasteiger charge is -2.32. The van der Waals surface area contributed by atoms with Crippen LogP contribution < -0.4 is 0 Å². The molecule has 0 N–H and O–H groups in total. The van der Waals surface area contributed by atoms with Crippen molar-refractivity contribution in [1.82, 2.24) is 25.1 Å². The highest BCUT2D eigenvalue weighted by molar-refractivity contribution is 5.98. The van der Waals surface area contributed by atoms with Gasteiger partial charge in [0.1, 0.15) is 6.33 Å². The van der Waals surface area contributed by atoms with Gasteiger partial charge in [-0.25, -0.2) is 4.68 Å². The predicted octanol–water partition coefficient (Wildman–Crippen LogP) is 2.87. The van der Waals surface area contributed by atoms with Crippen molar-refractivity contribution in [2.75, 3.05) is 13.1 Å². The molecule has 1 aromatic carbocycles. The van der Waals surface area contributed by atoms with E-state index in [2.05, 4.69) is 36.3 Å². The summed E-state index contributed by atoms with van der Waals surface area (Å²) < 4.78 is 1.62. The summed E-state index contributed by atoms with van der Waals surface area (Å²) >= 11 is 0. The van der Waals surface area contributed by atoms with E-state index in [4.69, 9.17) is 0 Å². The van der Waals surface area contributed by atoms with Crippen LogP contribution in [0.2, 0.25) is 0 Å². The van der Waals surface area contributed by atoms with Crippen LogP contribution >= 0.6 is 0 Å². The molecule has 0 saturated carbocycles. The predicted molar refractivity (Wildman–Crippen MR) is 106 cm³/mol. The summed E-state index contributed by atoms with van der Waals surface area (Å²) in [5.41, 5.74) is 2.02. The molecule has 1 saturated heterocycles. The maximum absolute atomic E-state index is 12.9. The number of rotatable bonds is 6. The largest absolute Gasteiger partial charge is 0.342 e. The minimum Gasteiger partial charge on any atom is -0.342 e. The number of hydrogen-bond acceptors (Lipinski definition) is 5. The van der Waals surface area contributed by atoms with Gasteiger partial charge in [0.05, 0.1) is 0 Å². The van der Waals surface area contributed by atoms with E-state index in [0.29, 0.717) is 25.9 Å². The zero-order valence-electron chi connectivity index (χ0n) is 17.0. The van der Waals surface area contributed by atoms with Crippen LogP contribution in [0.4, 0.5) is 0 Å². The molecule has 2 heterocycles. The third kappa shape index (κ3) is 5.03. The van der Waals surface area contributed by atoms with Crippen molar-refractivity contribution in [3.63, 3.8) is 0 Å². The molecule has 0 aliphatic carbocycles. The van der Waals surface area contributed by atoms with Gasteiger partial charge in [0, 0.05) is 37.5 Å². The first-order valence-corrected chi connectivity index (χ1v) is 9.98. The second-order valence-electron chi connectivity index (χ2n) is 8.55. The summed E-state index contributed by atoms with van der Waals surface area (Å²) in [6.45, 7) is 8.35. The minimum absolute atomic E-state index is 0.0674. The summed E-state index contributed by atoms with van der Waals surface area (Å²) in [5.74, 6) is 0.137. The maximum Gasteiger partial charge on any atom is 0.222 e. The highest BCUT2D eigenvalue weighted by Gasteiger charge is 2.29. The number of likely N-dealkylation sites (tertiary alicyclic amines) is 1. The third-order valence-corrected chi connectivity index (χ3v) is 5.35. The van der Waals surface area contributed by atoms with Crippen molar-refractivity contribution in [2.45, 2.75) is 58.4 Å². The topological polar surface area (TPSA) is 81.0 Å². The third-order valence-electron chi connectivity index (χ3n) is 5.35. The minimum atomic E-state index is -0.113. The molecule has 1 amide bonds. The van der Waals surface area contributed by atoms with Gasteiger partial charge in [-0.2, -0.15) is 0 Å². The van der Waals surface area contributed by atoms with E-state index in [0.717, 1.165) is 24.9 Å². The monoisotopic (exact) mass is 383 g/mol. The molecule has 1 aliphatic rings. The van der Waals surface area contributed by atoms with Crippen molar-refractivity contribution in [2.24, 2.45) is 5.92 Å². The van der Waals surface area contributed by atoms with E-state index in [1.165, 1.54) is 5.56 Å². The van der Waals surface area contributed by atoms with E-state index in [-0.39, 0.29) is 23.0 Å². The van der Waals surface area contributed by atoms with Gasteiger partial charge in [-0.05, 0) is 40.7 Å². The summed E-state index contributed by atoms with van der Waals surface area (Å²) in [6.07, 6.45) is 4.39. The van der Waals surface area contributed by atoms with E-state index in [1.807, 2.05) is 29.2 Å². The highest BCUT2D eigenvalue weighted by atomic mass is 16.2. The Kier molecular flexibility index (Phi) is 6.21. The number of nitrogens with zero attached hydrogens (tertiary/aromatic N) is 5. The van der Waals surface area contributed by atoms with Crippen molar-refractivity contribution in [3.05, 3.63) is 41.7 Å². The summed E-state index contributed by atoms with van der Waals surface area (Å²) in [5, 5.41) is 11.0. The molecular formula is C21H29N5O2. The quantitative estimate of drug-likeness (QED) is 0.717. The molecule has 28 heavy (non-hydrogen) atoms. The van der Waals surface area contributed by atoms with Crippen LogP contribution in [0.5, 0.6) is 0 Å². The van der Waals surface area contributed by atoms with Crippen molar-refractivity contribution in [1.29, 1.82) is 0 Å². The Morgan fingerprint density at radius 2 is 1.93 bits per heavy atom. The second kappa shape index (κ2) is 8.63. The van der Waals surface area contributed by atoms with Gasteiger partial charge in [-0.1, -0.05) is 45.0 Å². The van der Waals surface area contributed by atoms with Gasteiger partial charge in [-0.15, -0.1) is 5.10 Å². The fourth-order valence-corrected chi connectivity index (χ4v) is 3.62. The molecular weight excluding hydrogens is 354 g/mol. The molecule has 0 unspecified atom stereocenters. The number of carbonyl (C=O) groups is 2. The number of carbonyl (C=O) groups excluding carboxylic acids is 2. The van der Waals surface area contributed by atoms with Gasteiger partial charge < -0.3 is 4.90 Å². The Morgan fingerprint density at radius 1 is 1.18 bits per heavy atom. The van der Waals surface area contributed by atoms with Crippen LogP contribution in [0.15, 0.2) is 30.6 Å². The first-order chi connectivity index (χ1) is 13.3. The maximum atomic E-state index is 12.9. The van der Waals surface area contributed by atoms with Gasteiger partial charge in [0.15, 0.2) is 5.78 Å². The average Bonchev–Trinajstić information content (AvgIpc) is 3.20. The Balaban J connectivity index is 1.54. The van der Waals surface area contributed by atoms with Gasteiger partial charge in [0.25, 0.3) is 0 Å². The Hall–Kier alpha value is -2.57. The standard InChI is InChI=1S/C21H29N5O2/c1-21(2,3)18-10-8-16(9-11-18)20(28)17-6-4-12-25(14-17)19(27)7-5-13-26-15-22-23-24-26/h8-11,15,17H,4-7,12-14H2,1-3H3/t17-/m0/s1. The molecule has 150 valence electrons. The summed E-state index contributed by atoms with van der Waals surface area (Å²) in [6, 6.07) is 7.93. The number of amides is 1. The fourth-order valence-electron chi connectivity index (χ4n) is 3.62. The number of Topliss-reactive ketones (excluding diaryl/α,β-unsaturated/α-hetero) is 1. The van der Waals surface area contributed by atoms with Crippen molar-refractivity contribution < 1.29 is 9.59 Å². The summed E-state index contributed by atoms with van der Waals surface area (Å²) in [7, 11) is 0. The molecule has 1 fully saturated rings. The van der Waals surface area contributed by atoms with Gasteiger partial charge >= 0.3 is 0 Å². The molecule has 2 aromatic rings. The Bertz CT molecular complexity index is 793. The van der Waals surface area contributed by atoms with Crippen LogP contribution in [0.3, 0.4) is 0 Å². The molecule has 3 rings (SSSR count). The number of benzene rings is 1. The van der Waals surface area contributed by atoms with E-state index >= 15 is 0 Å². The van der Waals surface area contributed by atoms with Gasteiger partial charge in [-0.3, -0.25) is 9.59 Å². The molecule has 1 aliphatic heterocycles. The first-order valence-electron chi connectivity index (χ1n) is 9.98. The molecule has 1 aromatic heterocycles. The zero-order valence-corrected chi connectivity index (χ0v) is 17.0. The molecule has 0 spiro atoms. The average molecular weight is 383 g/mol. The number of aromatic nitrogens is 4. The number of piperidine rings is 1. The lowest BCUT2D eigenvalue weighted by molar-refractivity contribution is -0.132. The van der Waals surface area contributed by atoms with Crippen LogP contribution in [0, 0.1) is 5.92 Å². The lowest BCUT2D eigenvalue weighted by atomic mass is 9.85. The number of hydrogen-bond donors (Lipinski definition) is 0. The Labute approximate surface area is 166 Å². The SMILES string of the molecule is CC(C)(C)c1ccc(C(=O)[C@H]2CCCN(C(=O)CCCn3cnnn3)C2)cc1. The first kappa shape index (κ1) is 20.2. The smallest absolute Gasteiger partial charge is 0.222 e. The molecule has 1 atom stereocenters. The van der Waals surface area contributed by atoms with Crippen LogP contribution in [-0.2, 0) is 16.8 Å². The zero-order chi connectivity index (χ0) is 20.1. The van der Waals surface area contributed by atoms with Crippen LogP contribution in [-0.4, -0.2) is 49.9 Å². The number of tetrazole rings is 1. The normalized spacial score (nSPS) is 17.5. The molecule has 0 radical (unpaired) electrons. The number of ketones is 1. The van der Waals surface area contributed by atoms with E-state index < -0.39 is 0 Å². The lowest BCUT2D eigenvalue weighted by Crippen LogP contribution is -2.42. The van der Waals surface area contributed by atoms with Crippen LogP contribution in [0.1, 0.15) is 62.4 Å². The van der Waals surface area contributed by atoms with E-state index in [1.54, 1.807) is 11.0 Å². The molecule has 7 heteroatoms. The van der Waals surface area contributed by atoms with Crippen LogP contribution in [0.25, 0.3) is 0 Å². The van der Waals surface area contributed by atoms with E-state index in [9.17, 15) is 9.59 Å². The van der Waals surface area contributed by atoms with Crippen molar-refractivity contribution in [3.8, 4) is 0 Å². The van der Waals surface area contributed by atoms with Gasteiger partial charge in [0.2, 0.25) is 5.91 Å².